The van der Waals surface area contributed by atoms with E-state index in [0.29, 0.717) is 5.69 Å². The highest BCUT2D eigenvalue weighted by Gasteiger charge is 2.30. The van der Waals surface area contributed by atoms with Crippen LogP contribution in [0.3, 0.4) is 0 Å². The highest BCUT2D eigenvalue weighted by Crippen LogP contribution is 2.30. The predicted molar refractivity (Wildman–Crippen MR) is 71.6 cm³/mol. The first-order valence-electron chi connectivity index (χ1n) is 6.09. The molecule has 5 heteroatoms. The molecule has 1 atom stereocenters. The first-order chi connectivity index (χ1) is 9.36. The molecule has 2 rings (SSSR count). The smallest absolute Gasteiger partial charge is 0.416 e. The first-order valence-corrected chi connectivity index (χ1v) is 6.09. The number of rotatable bonds is 3. The topological polar surface area (TPSA) is 32.3 Å². The van der Waals surface area contributed by atoms with Crippen LogP contribution in [0.2, 0.25) is 0 Å². The van der Waals surface area contributed by atoms with Crippen molar-refractivity contribution >= 4 is 5.69 Å². The Morgan fingerprint density at radius 3 is 2.25 bits per heavy atom. The summed E-state index contributed by atoms with van der Waals surface area (Å²) in [6.07, 6.45) is -4.32. The molecule has 2 nitrogen and oxygen atoms in total. The fourth-order valence-corrected chi connectivity index (χ4v) is 1.89. The monoisotopic (exact) mass is 281 g/mol. The van der Waals surface area contributed by atoms with E-state index in [1.165, 1.54) is 12.1 Å². The molecule has 0 heterocycles. The number of aromatic hydroxyl groups is 1. The van der Waals surface area contributed by atoms with Crippen molar-refractivity contribution in [2.24, 2.45) is 0 Å². The van der Waals surface area contributed by atoms with Crippen molar-refractivity contribution in [3.63, 3.8) is 0 Å². The van der Waals surface area contributed by atoms with Crippen molar-refractivity contribution in [1.82, 2.24) is 0 Å². The van der Waals surface area contributed by atoms with Gasteiger partial charge in [0.1, 0.15) is 5.75 Å². The number of hydrogen-bond donors (Lipinski definition) is 2. The number of anilines is 1. The van der Waals surface area contributed by atoms with E-state index in [9.17, 15) is 18.3 Å². The second-order valence-electron chi connectivity index (χ2n) is 4.54. The molecule has 0 amide bonds. The fraction of sp³-hybridized carbons (Fsp3) is 0.200. The van der Waals surface area contributed by atoms with Crippen LogP contribution in [0.4, 0.5) is 18.9 Å². The lowest BCUT2D eigenvalue weighted by Gasteiger charge is -2.16. The third kappa shape index (κ3) is 3.44. The summed E-state index contributed by atoms with van der Waals surface area (Å²) in [5, 5.41) is 12.5. The quantitative estimate of drug-likeness (QED) is 0.862. The van der Waals surface area contributed by atoms with E-state index in [1.54, 1.807) is 24.3 Å². The van der Waals surface area contributed by atoms with Gasteiger partial charge in [-0.1, -0.05) is 18.2 Å². The Labute approximate surface area is 114 Å². The van der Waals surface area contributed by atoms with Crippen LogP contribution in [0.15, 0.2) is 48.5 Å². The van der Waals surface area contributed by atoms with Gasteiger partial charge in [0.2, 0.25) is 0 Å². The summed E-state index contributed by atoms with van der Waals surface area (Å²) in [5.41, 5.74) is 0.782. The van der Waals surface area contributed by atoms with Gasteiger partial charge in [-0.2, -0.15) is 13.2 Å². The van der Waals surface area contributed by atoms with Gasteiger partial charge in [-0.05, 0) is 36.8 Å². The van der Waals surface area contributed by atoms with Crippen molar-refractivity contribution in [2.75, 3.05) is 5.32 Å². The molecule has 0 aromatic heterocycles. The van der Waals surface area contributed by atoms with Gasteiger partial charge in [-0.15, -0.1) is 0 Å². The van der Waals surface area contributed by atoms with Gasteiger partial charge in [0.15, 0.2) is 0 Å². The van der Waals surface area contributed by atoms with Crippen LogP contribution in [-0.2, 0) is 6.18 Å². The number of phenols is 1. The molecular formula is C15H14F3NO. The van der Waals surface area contributed by atoms with Crippen molar-refractivity contribution in [3.05, 3.63) is 59.7 Å². The zero-order valence-electron chi connectivity index (χ0n) is 10.8. The number of halogens is 3. The summed E-state index contributed by atoms with van der Waals surface area (Å²) in [4.78, 5) is 0. The van der Waals surface area contributed by atoms with E-state index < -0.39 is 11.7 Å². The summed E-state index contributed by atoms with van der Waals surface area (Å²) in [6, 6.07) is 11.4. The Morgan fingerprint density at radius 1 is 1.05 bits per heavy atom. The van der Waals surface area contributed by atoms with E-state index in [0.717, 1.165) is 17.7 Å². The summed E-state index contributed by atoms with van der Waals surface area (Å²) < 4.78 is 37.4. The van der Waals surface area contributed by atoms with E-state index in [2.05, 4.69) is 5.32 Å². The summed E-state index contributed by atoms with van der Waals surface area (Å²) in [5.74, 6) is 0.134. The average molecular weight is 281 g/mol. The molecule has 2 aromatic carbocycles. The van der Waals surface area contributed by atoms with E-state index in [4.69, 9.17) is 0 Å². The Morgan fingerprint density at radius 2 is 1.70 bits per heavy atom. The number of phenolic OH excluding ortho intramolecular Hbond substituents is 1. The number of alkyl halides is 3. The highest BCUT2D eigenvalue weighted by atomic mass is 19.4. The lowest BCUT2D eigenvalue weighted by Crippen LogP contribution is -2.08. The van der Waals surface area contributed by atoms with Crippen LogP contribution < -0.4 is 5.32 Å². The van der Waals surface area contributed by atoms with E-state index >= 15 is 0 Å². The third-order valence-corrected chi connectivity index (χ3v) is 2.97. The Kier molecular flexibility index (Phi) is 3.88. The molecule has 0 saturated heterocycles. The predicted octanol–water partition coefficient (Wildman–Crippen LogP) is 4.58. The SMILES string of the molecule is CC(Nc1cccc(O)c1)c1ccc(C(F)(F)F)cc1. The molecule has 0 spiro atoms. The molecule has 0 saturated carbocycles. The number of nitrogens with one attached hydrogen (secondary N) is 1. The minimum Gasteiger partial charge on any atom is -0.508 e. The first kappa shape index (κ1) is 14.2. The Bertz CT molecular complexity index is 578. The molecule has 2 N–H and O–H groups in total. The van der Waals surface area contributed by atoms with Crippen LogP contribution in [0.5, 0.6) is 5.75 Å². The zero-order chi connectivity index (χ0) is 14.8. The molecular weight excluding hydrogens is 267 g/mol. The minimum absolute atomic E-state index is 0.134. The summed E-state index contributed by atoms with van der Waals surface area (Å²) >= 11 is 0. The highest BCUT2D eigenvalue weighted by molar-refractivity contribution is 5.49. The molecule has 1 unspecified atom stereocenters. The van der Waals surface area contributed by atoms with E-state index in [-0.39, 0.29) is 11.8 Å². The van der Waals surface area contributed by atoms with Gasteiger partial charge in [0, 0.05) is 17.8 Å². The third-order valence-electron chi connectivity index (χ3n) is 2.97. The van der Waals surface area contributed by atoms with Crippen LogP contribution >= 0.6 is 0 Å². The fourth-order valence-electron chi connectivity index (χ4n) is 1.89. The maximum absolute atomic E-state index is 12.5. The van der Waals surface area contributed by atoms with Gasteiger partial charge in [0.25, 0.3) is 0 Å². The Hall–Kier alpha value is -2.17. The van der Waals surface area contributed by atoms with Crippen LogP contribution in [0.1, 0.15) is 24.1 Å². The molecule has 0 aliphatic rings. The van der Waals surface area contributed by atoms with E-state index in [1.807, 2.05) is 6.92 Å². The Balaban J connectivity index is 2.11. The maximum Gasteiger partial charge on any atom is 0.416 e. The van der Waals surface area contributed by atoms with Crippen molar-refractivity contribution in [3.8, 4) is 5.75 Å². The maximum atomic E-state index is 12.5. The standard InChI is InChI=1S/C15H14F3NO/c1-10(19-13-3-2-4-14(20)9-13)11-5-7-12(8-6-11)15(16,17)18/h2-10,19-20H,1H3. The molecule has 0 fully saturated rings. The largest absolute Gasteiger partial charge is 0.508 e. The molecule has 0 aliphatic heterocycles. The number of hydrogen-bond acceptors (Lipinski definition) is 2. The van der Waals surface area contributed by atoms with Gasteiger partial charge < -0.3 is 10.4 Å². The average Bonchev–Trinajstić information content (AvgIpc) is 2.38. The molecule has 106 valence electrons. The van der Waals surface area contributed by atoms with Crippen LogP contribution in [0.25, 0.3) is 0 Å². The van der Waals surface area contributed by atoms with Gasteiger partial charge in [0.05, 0.1) is 5.56 Å². The zero-order valence-corrected chi connectivity index (χ0v) is 10.8. The summed E-state index contributed by atoms with van der Waals surface area (Å²) in [7, 11) is 0. The molecule has 0 radical (unpaired) electrons. The summed E-state index contributed by atoms with van der Waals surface area (Å²) in [6.45, 7) is 1.84. The molecule has 20 heavy (non-hydrogen) atoms. The lowest BCUT2D eigenvalue weighted by molar-refractivity contribution is -0.137. The molecule has 0 bridgehead atoms. The minimum atomic E-state index is -4.32. The molecule has 2 aromatic rings. The lowest BCUT2D eigenvalue weighted by atomic mass is 10.1. The van der Waals surface area contributed by atoms with Gasteiger partial charge in [-0.25, -0.2) is 0 Å². The van der Waals surface area contributed by atoms with Crippen molar-refractivity contribution < 1.29 is 18.3 Å². The van der Waals surface area contributed by atoms with Gasteiger partial charge >= 0.3 is 6.18 Å². The van der Waals surface area contributed by atoms with Crippen molar-refractivity contribution in [1.29, 1.82) is 0 Å². The van der Waals surface area contributed by atoms with Crippen LogP contribution in [-0.4, -0.2) is 5.11 Å². The van der Waals surface area contributed by atoms with Crippen LogP contribution in [0, 0.1) is 0 Å². The van der Waals surface area contributed by atoms with Gasteiger partial charge in [-0.3, -0.25) is 0 Å². The second-order valence-corrected chi connectivity index (χ2v) is 4.54. The second kappa shape index (κ2) is 5.45. The van der Waals surface area contributed by atoms with Crippen molar-refractivity contribution in [2.45, 2.75) is 19.1 Å². The number of benzene rings is 2. The normalized spacial score (nSPS) is 13.0. The molecule has 0 aliphatic carbocycles.